The van der Waals surface area contributed by atoms with Crippen molar-refractivity contribution in [3.05, 3.63) is 16.1 Å². The lowest BCUT2D eigenvalue weighted by molar-refractivity contribution is 0.0671. The van der Waals surface area contributed by atoms with Crippen LogP contribution in [0, 0.1) is 5.92 Å². The van der Waals surface area contributed by atoms with Crippen LogP contribution in [-0.2, 0) is 16.6 Å². The Kier molecular flexibility index (Phi) is 5.31. The Morgan fingerprint density at radius 1 is 1.62 bits per heavy atom. The molecule has 118 valence electrons. The Hall–Kier alpha value is -1.03. The molecule has 1 aliphatic rings. The quantitative estimate of drug-likeness (QED) is 0.790. The number of nitrogens with two attached hydrogens (primary N) is 1. The second-order valence-corrected chi connectivity index (χ2v) is 7.99. The molecule has 1 aromatic heterocycles. The van der Waals surface area contributed by atoms with Crippen LogP contribution in [0.5, 0.6) is 0 Å². The van der Waals surface area contributed by atoms with Gasteiger partial charge in [-0.05, 0) is 18.8 Å². The minimum atomic E-state index is -3.19. The summed E-state index contributed by atoms with van der Waals surface area (Å²) in [4.78, 5) is 18.3. The number of sulfonamides is 1. The third-order valence-electron chi connectivity index (χ3n) is 3.39. The first-order chi connectivity index (χ1) is 9.89. The van der Waals surface area contributed by atoms with E-state index in [4.69, 9.17) is 5.73 Å². The summed E-state index contributed by atoms with van der Waals surface area (Å²) in [7, 11) is -3.19. The topological polar surface area (TPSA) is 105 Å². The van der Waals surface area contributed by atoms with Gasteiger partial charge in [-0.1, -0.05) is 0 Å². The van der Waals surface area contributed by atoms with Gasteiger partial charge in [-0.2, -0.15) is 0 Å². The summed E-state index contributed by atoms with van der Waals surface area (Å²) in [6.45, 7) is 1.94. The molecule has 0 bridgehead atoms. The average molecular weight is 332 g/mol. The van der Waals surface area contributed by atoms with Crippen molar-refractivity contribution in [2.45, 2.75) is 19.4 Å². The van der Waals surface area contributed by atoms with E-state index in [2.05, 4.69) is 9.71 Å². The molecule has 7 nitrogen and oxygen atoms in total. The molecule has 1 fully saturated rings. The highest BCUT2D eigenvalue weighted by Gasteiger charge is 2.26. The largest absolute Gasteiger partial charge is 0.337 e. The van der Waals surface area contributed by atoms with Gasteiger partial charge in [0.05, 0.1) is 6.26 Å². The number of piperidine rings is 1. The number of carbonyl (C=O) groups excluding carboxylic acids is 1. The minimum Gasteiger partial charge on any atom is -0.337 e. The van der Waals surface area contributed by atoms with Crippen LogP contribution < -0.4 is 10.5 Å². The Morgan fingerprint density at radius 3 is 3.00 bits per heavy atom. The second-order valence-electron chi connectivity index (χ2n) is 5.21. The maximum Gasteiger partial charge on any atom is 0.273 e. The van der Waals surface area contributed by atoms with Crippen molar-refractivity contribution in [2.75, 3.05) is 25.9 Å². The summed E-state index contributed by atoms with van der Waals surface area (Å²) in [5, 5.41) is 2.47. The van der Waals surface area contributed by atoms with Crippen molar-refractivity contribution >= 4 is 27.3 Å². The molecule has 2 heterocycles. The number of hydrogen-bond acceptors (Lipinski definition) is 6. The molecule has 1 aliphatic heterocycles. The van der Waals surface area contributed by atoms with Gasteiger partial charge < -0.3 is 10.6 Å². The van der Waals surface area contributed by atoms with E-state index >= 15 is 0 Å². The Balaban J connectivity index is 1.95. The summed E-state index contributed by atoms with van der Waals surface area (Å²) in [5.74, 6) is 0.0417. The molecule has 0 spiro atoms. The third kappa shape index (κ3) is 4.73. The number of nitrogens with zero attached hydrogens (tertiary/aromatic N) is 2. The van der Waals surface area contributed by atoms with Crippen LogP contribution in [0.1, 0.15) is 28.3 Å². The fourth-order valence-corrected chi connectivity index (χ4v) is 3.54. The molecular weight excluding hydrogens is 312 g/mol. The molecule has 0 saturated carbocycles. The third-order valence-corrected chi connectivity index (χ3v) is 4.95. The summed E-state index contributed by atoms with van der Waals surface area (Å²) >= 11 is 1.38. The molecular formula is C12H20N4O3S2. The summed E-state index contributed by atoms with van der Waals surface area (Å²) in [5.41, 5.74) is 5.93. The predicted octanol–water partition coefficient (Wildman–Crippen LogP) is 0.00320. The smallest absolute Gasteiger partial charge is 0.273 e. The fourth-order valence-electron chi connectivity index (χ4n) is 2.35. The number of nitrogens with one attached hydrogen (secondary N) is 1. The summed E-state index contributed by atoms with van der Waals surface area (Å²) < 4.78 is 24.8. The van der Waals surface area contributed by atoms with E-state index < -0.39 is 10.0 Å². The van der Waals surface area contributed by atoms with Crippen molar-refractivity contribution in [2.24, 2.45) is 11.7 Å². The standard InChI is InChI=1S/C12H20N4O3S2/c1-21(18,19)14-6-9-3-2-4-16(7-9)12(17)10-8-20-11(5-13)15-10/h8-9,14H,2-7,13H2,1H3. The first-order valence-electron chi connectivity index (χ1n) is 6.77. The van der Waals surface area contributed by atoms with Crippen molar-refractivity contribution < 1.29 is 13.2 Å². The molecule has 0 aliphatic carbocycles. The number of likely N-dealkylation sites (tertiary alicyclic amines) is 1. The van der Waals surface area contributed by atoms with Gasteiger partial charge in [-0.25, -0.2) is 18.1 Å². The highest BCUT2D eigenvalue weighted by atomic mass is 32.2. The van der Waals surface area contributed by atoms with Gasteiger partial charge in [0.25, 0.3) is 5.91 Å². The Morgan fingerprint density at radius 2 is 2.38 bits per heavy atom. The number of thiazole rings is 1. The lowest BCUT2D eigenvalue weighted by atomic mass is 9.98. The number of amides is 1. The molecule has 3 N–H and O–H groups in total. The van der Waals surface area contributed by atoms with Crippen molar-refractivity contribution in [3.8, 4) is 0 Å². The lowest BCUT2D eigenvalue weighted by Gasteiger charge is -2.32. The van der Waals surface area contributed by atoms with E-state index in [1.165, 1.54) is 11.3 Å². The monoisotopic (exact) mass is 332 g/mol. The molecule has 9 heteroatoms. The van der Waals surface area contributed by atoms with E-state index in [9.17, 15) is 13.2 Å². The SMILES string of the molecule is CS(=O)(=O)NCC1CCCN(C(=O)c2csc(CN)n2)C1. The van der Waals surface area contributed by atoms with Crippen LogP contribution in [0.3, 0.4) is 0 Å². The molecule has 1 atom stereocenters. The van der Waals surface area contributed by atoms with E-state index in [0.29, 0.717) is 31.9 Å². The van der Waals surface area contributed by atoms with Gasteiger partial charge in [-0.15, -0.1) is 11.3 Å². The van der Waals surface area contributed by atoms with Crippen LogP contribution in [0.25, 0.3) is 0 Å². The highest BCUT2D eigenvalue weighted by Crippen LogP contribution is 2.19. The van der Waals surface area contributed by atoms with Crippen LogP contribution in [-0.4, -0.2) is 50.1 Å². The van der Waals surface area contributed by atoms with Gasteiger partial charge in [0.2, 0.25) is 10.0 Å². The summed E-state index contributed by atoms with van der Waals surface area (Å²) in [6.07, 6.45) is 2.93. The highest BCUT2D eigenvalue weighted by molar-refractivity contribution is 7.88. The molecule has 1 aromatic rings. The first kappa shape index (κ1) is 16.3. The number of carbonyl (C=O) groups is 1. The zero-order valence-electron chi connectivity index (χ0n) is 11.9. The van der Waals surface area contributed by atoms with Crippen LogP contribution in [0.2, 0.25) is 0 Å². The predicted molar refractivity (Wildman–Crippen MR) is 81.5 cm³/mol. The number of rotatable bonds is 5. The second kappa shape index (κ2) is 6.82. The molecule has 0 radical (unpaired) electrons. The normalized spacial score (nSPS) is 19.7. The Labute approximate surface area is 128 Å². The van der Waals surface area contributed by atoms with Gasteiger partial charge in [0.1, 0.15) is 10.7 Å². The zero-order chi connectivity index (χ0) is 15.5. The molecule has 1 amide bonds. The van der Waals surface area contributed by atoms with Crippen LogP contribution in [0.4, 0.5) is 0 Å². The fraction of sp³-hybridized carbons (Fsp3) is 0.667. The van der Waals surface area contributed by atoms with Crippen molar-refractivity contribution in [1.29, 1.82) is 0 Å². The minimum absolute atomic E-state index is 0.102. The maximum atomic E-state index is 12.4. The van der Waals surface area contributed by atoms with E-state index in [0.717, 1.165) is 24.1 Å². The van der Waals surface area contributed by atoms with Gasteiger partial charge in [-0.3, -0.25) is 4.79 Å². The van der Waals surface area contributed by atoms with Gasteiger partial charge in [0, 0.05) is 31.6 Å². The Bertz CT molecular complexity index is 599. The van der Waals surface area contributed by atoms with Crippen molar-refractivity contribution in [3.63, 3.8) is 0 Å². The first-order valence-corrected chi connectivity index (χ1v) is 9.54. The van der Waals surface area contributed by atoms with Crippen molar-refractivity contribution in [1.82, 2.24) is 14.6 Å². The van der Waals surface area contributed by atoms with E-state index in [1.54, 1.807) is 10.3 Å². The molecule has 2 rings (SSSR count). The molecule has 0 aromatic carbocycles. The van der Waals surface area contributed by atoms with Gasteiger partial charge in [0.15, 0.2) is 0 Å². The summed E-state index contributed by atoms with van der Waals surface area (Å²) in [6, 6.07) is 0. The number of hydrogen-bond donors (Lipinski definition) is 2. The lowest BCUT2D eigenvalue weighted by Crippen LogP contribution is -2.43. The maximum absolute atomic E-state index is 12.4. The molecule has 1 saturated heterocycles. The van der Waals surface area contributed by atoms with Crippen LogP contribution in [0.15, 0.2) is 5.38 Å². The number of aromatic nitrogens is 1. The van der Waals surface area contributed by atoms with Gasteiger partial charge >= 0.3 is 0 Å². The zero-order valence-corrected chi connectivity index (χ0v) is 13.5. The molecule has 1 unspecified atom stereocenters. The average Bonchev–Trinajstić information content (AvgIpc) is 2.93. The van der Waals surface area contributed by atoms with E-state index in [-0.39, 0.29) is 11.8 Å². The van der Waals surface area contributed by atoms with E-state index in [1.807, 2.05) is 0 Å². The van der Waals surface area contributed by atoms with Crippen LogP contribution >= 0.6 is 11.3 Å². The molecule has 21 heavy (non-hydrogen) atoms.